The van der Waals surface area contributed by atoms with E-state index in [-0.39, 0.29) is 16.7 Å². The third-order valence-corrected chi connectivity index (χ3v) is 6.80. The summed E-state index contributed by atoms with van der Waals surface area (Å²) in [6.07, 6.45) is 0. The third kappa shape index (κ3) is 4.14. The Balaban J connectivity index is 1.90. The average Bonchev–Trinajstić information content (AvgIpc) is 2.79. The van der Waals surface area contributed by atoms with Crippen LogP contribution in [0.25, 0.3) is 0 Å². The van der Waals surface area contributed by atoms with Crippen LogP contribution in [0.2, 0.25) is 0 Å². The van der Waals surface area contributed by atoms with Gasteiger partial charge in [0.1, 0.15) is 0 Å². The van der Waals surface area contributed by atoms with Crippen LogP contribution in [0.5, 0.6) is 11.5 Å². The molecular weight excluding hydrogens is 388 g/mol. The minimum atomic E-state index is -3.84. The van der Waals surface area contributed by atoms with Crippen LogP contribution in [-0.2, 0) is 14.8 Å². The second-order valence-corrected chi connectivity index (χ2v) is 8.78. The summed E-state index contributed by atoms with van der Waals surface area (Å²) in [6.45, 7) is 1.84. The lowest BCUT2D eigenvalue weighted by molar-refractivity contribution is -0.118. The minimum absolute atomic E-state index is 0.0616. The van der Waals surface area contributed by atoms with Gasteiger partial charge in [-0.2, -0.15) is 0 Å². The zero-order valence-electron chi connectivity index (χ0n) is 15.1. The number of benzene rings is 2. The van der Waals surface area contributed by atoms with E-state index in [2.05, 4.69) is 10.0 Å². The highest BCUT2D eigenvalue weighted by molar-refractivity contribution is 7.99. The van der Waals surface area contributed by atoms with Crippen LogP contribution in [0.3, 0.4) is 0 Å². The largest absolute Gasteiger partial charge is 0.493 e. The highest BCUT2D eigenvalue weighted by atomic mass is 32.2. The molecule has 27 heavy (non-hydrogen) atoms. The number of fused-ring (bicyclic) bond motifs is 1. The van der Waals surface area contributed by atoms with Crippen molar-refractivity contribution in [2.45, 2.75) is 16.7 Å². The van der Waals surface area contributed by atoms with Crippen molar-refractivity contribution < 1.29 is 22.7 Å². The van der Waals surface area contributed by atoms with E-state index in [4.69, 9.17) is 9.47 Å². The molecule has 0 saturated carbocycles. The maximum absolute atomic E-state index is 12.8. The second kappa shape index (κ2) is 7.69. The normalized spacial score (nSPS) is 16.7. The molecule has 0 unspecified atom stereocenters. The summed E-state index contributed by atoms with van der Waals surface area (Å²) in [4.78, 5) is 13.0. The Hall–Kier alpha value is -2.39. The van der Waals surface area contributed by atoms with E-state index in [0.29, 0.717) is 28.6 Å². The lowest BCUT2D eigenvalue weighted by Crippen LogP contribution is -2.20. The van der Waals surface area contributed by atoms with Crippen LogP contribution in [-0.4, -0.2) is 34.3 Å². The van der Waals surface area contributed by atoms with Crippen molar-refractivity contribution >= 4 is 39.1 Å². The van der Waals surface area contributed by atoms with Gasteiger partial charge in [-0.25, -0.2) is 8.42 Å². The zero-order chi connectivity index (χ0) is 19.6. The fourth-order valence-corrected chi connectivity index (χ4v) is 4.65. The van der Waals surface area contributed by atoms with Gasteiger partial charge in [-0.15, -0.1) is 11.8 Å². The second-order valence-electron chi connectivity index (χ2n) is 6.03. The topological polar surface area (TPSA) is 93.7 Å². The first-order valence-electron chi connectivity index (χ1n) is 8.16. The highest BCUT2D eigenvalue weighted by Gasteiger charge is 2.23. The molecule has 2 aromatic carbocycles. The number of anilines is 2. The Morgan fingerprint density at radius 3 is 2.56 bits per heavy atom. The van der Waals surface area contributed by atoms with Crippen LogP contribution in [0.4, 0.5) is 11.4 Å². The Morgan fingerprint density at radius 1 is 1.11 bits per heavy atom. The van der Waals surface area contributed by atoms with Gasteiger partial charge in [0.2, 0.25) is 5.91 Å². The summed E-state index contributed by atoms with van der Waals surface area (Å²) in [7, 11) is -0.861. The molecule has 1 heterocycles. The number of carbonyl (C=O) groups is 1. The van der Waals surface area contributed by atoms with E-state index in [9.17, 15) is 13.2 Å². The first-order chi connectivity index (χ1) is 12.8. The van der Waals surface area contributed by atoms with Crippen molar-refractivity contribution in [2.75, 3.05) is 30.0 Å². The molecule has 3 rings (SSSR count). The average molecular weight is 409 g/mol. The minimum Gasteiger partial charge on any atom is -0.493 e. The van der Waals surface area contributed by atoms with E-state index in [1.807, 2.05) is 6.92 Å². The molecule has 1 aliphatic rings. The standard InChI is InChI=1S/C18H20N2O5S2/c1-11-10-26-17-7-5-13(9-14(17)19-18(11)21)27(22,23)20-12-4-6-15(24-2)16(8-12)25-3/h4-9,11,20H,10H2,1-3H3,(H,19,21)/t11-/m0/s1. The predicted octanol–water partition coefficient (Wildman–Crippen LogP) is 3.18. The van der Waals surface area contributed by atoms with Gasteiger partial charge >= 0.3 is 0 Å². The van der Waals surface area contributed by atoms with Gasteiger partial charge in [0.15, 0.2) is 11.5 Å². The number of nitrogens with one attached hydrogen (secondary N) is 2. The van der Waals surface area contributed by atoms with Crippen LogP contribution in [0.15, 0.2) is 46.2 Å². The molecule has 0 saturated heterocycles. The number of ether oxygens (including phenoxy) is 2. The Kier molecular flexibility index (Phi) is 5.52. The number of methoxy groups -OCH3 is 2. The summed E-state index contributed by atoms with van der Waals surface area (Å²) in [5, 5.41) is 2.79. The lowest BCUT2D eigenvalue weighted by atomic mass is 10.2. The fourth-order valence-electron chi connectivity index (χ4n) is 2.56. The molecule has 7 nitrogen and oxygen atoms in total. The van der Waals surface area contributed by atoms with E-state index in [1.165, 1.54) is 38.1 Å². The molecule has 144 valence electrons. The van der Waals surface area contributed by atoms with Crippen molar-refractivity contribution in [3.63, 3.8) is 0 Å². The molecule has 2 N–H and O–H groups in total. The van der Waals surface area contributed by atoms with Crippen LogP contribution < -0.4 is 19.5 Å². The van der Waals surface area contributed by atoms with E-state index >= 15 is 0 Å². The number of carbonyl (C=O) groups excluding carboxylic acids is 1. The molecule has 0 spiro atoms. The third-order valence-electron chi connectivity index (χ3n) is 4.09. The van der Waals surface area contributed by atoms with Crippen molar-refractivity contribution in [3.8, 4) is 11.5 Å². The monoisotopic (exact) mass is 408 g/mol. The molecule has 0 radical (unpaired) electrons. The molecule has 0 fully saturated rings. The van der Waals surface area contributed by atoms with E-state index in [1.54, 1.807) is 24.3 Å². The van der Waals surface area contributed by atoms with Crippen molar-refractivity contribution in [2.24, 2.45) is 5.92 Å². The van der Waals surface area contributed by atoms with Gasteiger partial charge in [0.05, 0.1) is 30.5 Å². The van der Waals surface area contributed by atoms with Crippen LogP contribution >= 0.6 is 11.8 Å². The molecule has 1 aliphatic heterocycles. The molecule has 0 bridgehead atoms. The fraction of sp³-hybridized carbons (Fsp3) is 0.278. The summed E-state index contributed by atoms with van der Waals surface area (Å²) < 4.78 is 38.4. The van der Waals surface area contributed by atoms with Crippen molar-refractivity contribution in [1.29, 1.82) is 0 Å². The Bertz CT molecular complexity index is 976. The zero-order valence-corrected chi connectivity index (χ0v) is 16.7. The molecule has 9 heteroatoms. The predicted molar refractivity (Wildman–Crippen MR) is 105 cm³/mol. The van der Waals surface area contributed by atoms with Gasteiger partial charge in [-0.3, -0.25) is 9.52 Å². The number of rotatable bonds is 5. The van der Waals surface area contributed by atoms with E-state index < -0.39 is 10.0 Å². The van der Waals surface area contributed by atoms with E-state index in [0.717, 1.165) is 4.90 Å². The Morgan fingerprint density at radius 2 is 1.85 bits per heavy atom. The first kappa shape index (κ1) is 19.4. The molecule has 1 amide bonds. The van der Waals surface area contributed by atoms with Gasteiger partial charge in [-0.1, -0.05) is 6.92 Å². The maximum atomic E-state index is 12.8. The number of thioether (sulfide) groups is 1. The molecule has 1 atom stereocenters. The van der Waals surface area contributed by atoms with Gasteiger partial charge in [-0.05, 0) is 30.3 Å². The van der Waals surface area contributed by atoms with Crippen molar-refractivity contribution in [3.05, 3.63) is 36.4 Å². The maximum Gasteiger partial charge on any atom is 0.261 e. The quantitative estimate of drug-likeness (QED) is 0.789. The van der Waals surface area contributed by atoms with Crippen LogP contribution in [0.1, 0.15) is 6.92 Å². The molecule has 0 aliphatic carbocycles. The number of sulfonamides is 1. The highest BCUT2D eigenvalue weighted by Crippen LogP contribution is 2.35. The summed E-state index contributed by atoms with van der Waals surface area (Å²) in [5.41, 5.74) is 0.846. The van der Waals surface area contributed by atoms with Gasteiger partial charge in [0.25, 0.3) is 10.0 Å². The van der Waals surface area contributed by atoms with Crippen LogP contribution in [0, 0.1) is 5.92 Å². The SMILES string of the molecule is COc1ccc(NS(=O)(=O)c2ccc3c(c2)NC(=O)[C@@H](C)CS3)cc1OC. The molecule has 2 aromatic rings. The lowest BCUT2D eigenvalue weighted by Gasteiger charge is -2.13. The summed E-state index contributed by atoms with van der Waals surface area (Å²) in [6, 6.07) is 9.45. The molecule has 0 aromatic heterocycles. The molecular formula is C18H20N2O5S2. The smallest absolute Gasteiger partial charge is 0.261 e. The Labute approximate surface area is 162 Å². The number of amides is 1. The van der Waals surface area contributed by atoms with Gasteiger partial charge < -0.3 is 14.8 Å². The summed E-state index contributed by atoms with van der Waals surface area (Å²) in [5.74, 6) is 1.29. The first-order valence-corrected chi connectivity index (χ1v) is 10.6. The number of hydrogen-bond acceptors (Lipinski definition) is 6. The summed E-state index contributed by atoms with van der Waals surface area (Å²) >= 11 is 1.52. The van der Waals surface area contributed by atoms with Crippen molar-refractivity contribution in [1.82, 2.24) is 0 Å². The number of hydrogen-bond donors (Lipinski definition) is 2. The van der Waals surface area contributed by atoms with Gasteiger partial charge in [0, 0.05) is 22.6 Å².